The molecule has 0 atom stereocenters. The normalized spacial score (nSPS) is 10.5. The van der Waals surface area contributed by atoms with Crippen LogP contribution in [0, 0.1) is 3.57 Å². The van der Waals surface area contributed by atoms with Crippen LogP contribution in [0.15, 0.2) is 42.5 Å². The zero-order valence-corrected chi connectivity index (χ0v) is 13.7. The summed E-state index contributed by atoms with van der Waals surface area (Å²) in [7, 11) is 0. The van der Waals surface area contributed by atoms with Crippen LogP contribution in [0.3, 0.4) is 0 Å². The van der Waals surface area contributed by atoms with E-state index in [9.17, 15) is 4.79 Å². The Hall–Kier alpha value is -1.74. The van der Waals surface area contributed by atoms with Crippen LogP contribution in [0.25, 0.3) is 11.0 Å². The highest BCUT2D eigenvalue weighted by Crippen LogP contribution is 2.21. The largest absolute Gasteiger partial charge is 0.484 e. The summed E-state index contributed by atoms with van der Waals surface area (Å²) in [5.74, 6) is 0.444. The molecule has 1 heterocycles. The van der Waals surface area contributed by atoms with E-state index >= 15 is 0 Å². The van der Waals surface area contributed by atoms with E-state index in [4.69, 9.17) is 4.74 Å². The number of carbonyl (C=O) groups excluding carboxylic acids is 1. The first-order chi connectivity index (χ1) is 10.2. The van der Waals surface area contributed by atoms with Crippen LogP contribution in [-0.2, 0) is 4.79 Å². The monoisotopic (exact) mass is 411 g/mol. The Kier molecular flexibility index (Phi) is 4.30. The van der Waals surface area contributed by atoms with Gasteiger partial charge < -0.3 is 10.1 Å². The number of benzene rings is 2. The van der Waals surface area contributed by atoms with Crippen molar-refractivity contribution in [2.24, 2.45) is 0 Å². The lowest BCUT2D eigenvalue weighted by Gasteiger charge is -2.08. The van der Waals surface area contributed by atoms with Gasteiger partial charge in [-0.3, -0.25) is 4.79 Å². The van der Waals surface area contributed by atoms with Crippen molar-refractivity contribution < 1.29 is 9.53 Å². The Balaban J connectivity index is 1.65. The number of nitrogens with zero attached hydrogens (tertiary/aromatic N) is 2. The number of ether oxygens (including phenoxy) is 1. The van der Waals surface area contributed by atoms with Crippen LogP contribution in [0.1, 0.15) is 0 Å². The zero-order chi connectivity index (χ0) is 14.7. The zero-order valence-electron chi connectivity index (χ0n) is 10.7. The summed E-state index contributed by atoms with van der Waals surface area (Å²) in [5.41, 5.74) is 2.12. The Labute approximate surface area is 138 Å². The third-order valence-corrected chi connectivity index (χ3v) is 3.94. The topological polar surface area (TPSA) is 64.1 Å². The predicted molar refractivity (Wildman–Crippen MR) is 90.7 cm³/mol. The number of rotatable bonds is 4. The fourth-order valence-electron chi connectivity index (χ4n) is 1.80. The van der Waals surface area contributed by atoms with E-state index in [0.29, 0.717) is 17.0 Å². The van der Waals surface area contributed by atoms with Gasteiger partial charge in [-0.15, -0.1) is 0 Å². The van der Waals surface area contributed by atoms with Gasteiger partial charge in [0.2, 0.25) is 0 Å². The van der Waals surface area contributed by atoms with Gasteiger partial charge in [0.25, 0.3) is 5.91 Å². The van der Waals surface area contributed by atoms with Crippen molar-refractivity contribution in [1.82, 2.24) is 8.75 Å². The minimum atomic E-state index is -0.227. The molecule has 1 N–H and O–H groups in total. The van der Waals surface area contributed by atoms with Crippen LogP contribution < -0.4 is 10.1 Å². The van der Waals surface area contributed by atoms with E-state index in [0.717, 1.165) is 20.8 Å². The van der Waals surface area contributed by atoms with Crippen LogP contribution >= 0.6 is 34.3 Å². The SMILES string of the molecule is O=C(COc1cccc(I)c1)Nc1cccc2nsnc12. The van der Waals surface area contributed by atoms with E-state index in [-0.39, 0.29) is 12.5 Å². The summed E-state index contributed by atoms with van der Waals surface area (Å²) < 4.78 is 14.8. The molecule has 2 aromatic carbocycles. The number of nitrogens with one attached hydrogen (secondary N) is 1. The molecule has 0 saturated heterocycles. The van der Waals surface area contributed by atoms with Crippen molar-refractivity contribution in [3.05, 3.63) is 46.0 Å². The average Bonchev–Trinajstić information content (AvgIpc) is 2.95. The molecule has 1 amide bonds. The van der Waals surface area contributed by atoms with Crippen molar-refractivity contribution in [2.45, 2.75) is 0 Å². The smallest absolute Gasteiger partial charge is 0.262 e. The lowest BCUT2D eigenvalue weighted by Crippen LogP contribution is -2.20. The number of anilines is 1. The van der Waals surface area contributed by atoms with E-state index in [1.54, 1.807) is 6.07 Å². The van der Waals surface area contributed by atoms with Crippen molar-refractivity contribution >= 4 is 56.9 Å². The van der Waals surface area contributed by atoms with Gasteiger partial charge in [-0.05, 0) is 52.9 Å². The molecule has 0 fully saturated rings. The second-order valence-electron chi connectivity index (χ2n) is 4.23. The van der Waals surface area contributed by atoms with Crippen molar-refractivity contribution in [2.75, 3.05) is 11.9 Å². The van der Waals surface area contributed by atoms with Gasteiger partial charge in [-0.2, -0.15) is 8.75 Å². The van der Waals surface area contributed by atoms with Crippen molar-refractivity contribution in [3.8, 4) is 5.75 Å². The molecule has 0 radical (unpaired) electrons. The Bertz CT molecular complexity index is 790. The standard InChI is InChI=1S/C14H10IN3O2S/c15-9-3-1-4-10(7-9)20-8-13(19)16-11-5-2-6-12-14(11)18-21-17-12/h1-7H,8H2,(H,16,19). The third kappa shape index (κ3) is 3.48. The molecule has 0 aliphatic heterocycles. The minimum absolute atomic E-state index is 0.0476. The van der Waals surface area contributed by atoms with Gasteiger partial charge in [0.05, 0.1) is 17.4 Å². The molecule has 3 aromatic rings. The Morgan fingerprint density at radius 1 is 1.24 bits per heavy atom. The van der Waals surface area contributed by atoms with Crippen LogP contribution in [0.5, 0.6) is 5.75 Å². The molecule has 106 valence electrons. The summed E-state index contributed by atoms with van der Waals surface area (Å²) in [6, 6.07) is 13.0. The molecule has 0 aliphatic carbocycles. The first-order valence-corrected chi connectivity index (χ1v) is 7.93. The maximum absolute atomic E-state index is 12.0. The summed E-state index contributed by atoms with van der Waals surface area (Å²) >= 11 is 3.32. The lowest BCUT2D eigenvalue weighted by molar-refractivity contribution is -0.118. The molecule has 0 saturated carbocycles. The summed E-state index contributed by atoms with van der Waals surface area (Å²) in [6.45, 7) is -0.0476. The second kappa shape index (κ2) is 6.35. The van der Waals surface area contributed by atoms with Crippen LogP contribution in [0.4, 0.5) is 5.69 Å². The quantitative estimate of drug-likeness (QED) is 0.670. The summed E-state index contributed by atoms with van der Waals surface area (Å²) in [5, 5.41) is 2.79. The van der Waals surface area contributed by atoms with E-state index < -0.39 is 0 Å². The first-order valence-electron chi connectivity index (χ1n) is 6.12. The molecule has 0 aliphatic rings. The van der Waals surface area contributed by atoms with Crippen molar-refractivity contribution in [3.63, 3.8) is 0 Å². The van der Waals surface area contributed by atoms with E-state index in [1.807, 2.05) is 36.4 Å². The average molecular weight is 411 g/mol. The lowest BCUT2D eigenvalue weighted by atomic mass is 10.2. The highest BCUT2D eigenvalue weighted by molar-refractivity contribution is 14.1. The highest BCUT2D eigenvalue weighted by atomic mass is 127. The summed E-state index contributed by atoms with van der Waals surface area (Å²) in [4.78, 5) is 12.0. The maximum atomic E-state index is 12.0. The molecule has 5 nitrogen and oxygen atoms in total. The Morgan fingerprint density at radius 3 is 2.95 bits per heavy atom. The number of carbonyl (C=O) groups is 1. The first kappa shape index (κ1) is 14.2. The fourth-order valence-corrected chi connectivity index (χ4v) is 2.86. The van der Waals surface area contributed by atoms with Gasteiger partial charge in [0.15, 0.2) is 6.61 Å². The van der Waals surface area contributed by atoms with Gasteiger partial charge >= 0.3 is 0 Å². The van der Waals surface area contributed by atoms with Gasteiger partial charge in [0, 0.05) is 3.57 Å². The molecule has 0 bridgehead atoms. The molecular formula is C14H10IN3O2S. The molecule has 3 rings (SSSR count). The number of aromatic nitrogens is 2. The van der Waals surface area contributed by atoms with Gasteiger partial charge in [-0.25, -0.2) is 0 Å². The number of fused-ring (bicyclic) bond motifs is 1. The number of hydrogen-bond donors (Lipinski definition) is 1. The number of amides is 1. The predicted octanol–water partition coefficient (Wildman–Crippen LogP) is 3.31. The number of halogens is 1. The third-order valence-electron chi connectivity index (χ3n) is 2.73. The fraction of sp³-hybridized carbons (Fsp3) is 0.0714. The molecule has 0 unspecified atom stereocenters. The second-order valence-corrected chi connectivity index (χ2v) is 6.01. The molecule has 0 spiro atoms. The van der Waals surface area contributed by atoms with Crippen LogP contribution in [-0.4, -0.2) is 21.3 Å². The molecule has 21 heavy (non-hydrogen) atoms. The van der Waals surface area contributed by atoms with Crippen molar-refractivity contribution in [1.29, 1.82) is 0 Å². The van der Waals surface area contributed by atoms with Gasteiger partial charge in [0.1, 0.15) is 16.8 Å². The molecule has 1 aromatic heterocycles. The van der Waals surface area contributed by atoms with E-state index in [1.165, 1.54) is 0 Å². The molecule has 7 heteroatoms. The van der Waals surface area contributed by atoms with Crippen LogP contribution in [0.2, 0.25) is 0 Å². The maximum Gasteiger partial charge on any atom is 0.262 e. The van der Waals surface area contributed by atoms with Gasteiger partial charge in [-0.1, -0.05) is 12.1 Å². The Morgan fingerprint density at radius 2 is 2.10 bits per heavy atom. The number of hydrogen-bond acceptors (Lipinski definition) is 5. The van der Waals surface area contributed by atoms with E-state index in [2.05, 4.69) is 36.7 Å². The highest BCUT2D eigenvalue weighted by Gasteiger charge is 2.09. The summed E-state index contributed by atoms with van der Waals surface area (Å²) in [6.07, 6.45) is 0. The molecular weight excluding hydrogens is 401 g/mol. The minimum Gasteiger partial charge on any atom is -0.484 e.